The first-order chi connectivity index (χ1) is 10.2. The van der Waals surface area contributed by atoms with Crippen LogP contribution in [0.2, 0.25) is 5.02 Å². The zero-order valence-electron chi connectivity index (χ0n) is 12.5. The molecule has 0 spiro atoms. The molecule has 1 aliphatic rings. The van der Waals surface area contributed by atoms with Crippen LogP contribution in [0.25, 0.3) is 0 Å². The summed E-state index contributed by atoms with van der Waals surface area (Å²) in [5.41, 5.74) is 1.05. The number of benzene rings is 1. The Hall–Kier alpha value is -1.26. The zero-order chi connectivity index (χ0) is 15.1. The Morgan fingerprint density at radius 2 is 1.86 bits per heavy atom. The molecular formula is C16H24ClN3O. The number of carbonyl (C=O) groups is 1. The highest BCUT2D eigenvalue weighted by molar-refractivity contribution is 6.30. The summed E-state index contributed by atoms with van der Waals surface area (Å²) >= 11 is 5.83. The maximum Gasteiger partial charge on any atom is 0.315 e. The van der Waals surface area contributed by atoms with E-state index in [2.05, 4.69) is 16.0 Å². The van der Waals surface area contributed by atoms with Crippen LogP contribution in [-0.2, 0) is 6.54 Å². The number of amides is 2. The van der Waals surface area contributed by atoms with Crippen molar-refractivity contribution in [1.82, 2.24) is 16.0 Å². The lowest BCUT2D eigenvalue weighted by atomic mass is 9.86. The fourth-order valence-electron chi connectivity index (χ4n) is 2.82. The van der Waals surface area contributed by atoms with Crippen molar-refractivity contribution < 1.29 is 4.79 Å². The minimum absolute atomic E-state index is 0.0815. The quantitative estimate of drug-likeness (QED) is 0.783. The maximum absolute atomic E-state index is 11.9. The summed E-state index contributed by atoms with van der Waals surface area (Å²) in [6, 6.07) is 7.74. The SMILES string of the molecule is CNCC1CCC(NC(=O)NCc2ccc(Cl)cc2)CC1. The van der Waals surface area contributed by atoms with Crippen LogP contribution < -0.4 is 16.0 Å². The largest absolute Gasteiger partial charge is 0.335 e. The van der Waals surface area contributed by atoms with Crippen molar-refractivity contribution in [3.63, 3.8) is 0 Å². The van der Waals surface area contributed by atoms with E-state index in [0.717, 1.165) is 30.9 Å². The zero-order valence-corrected chi connectivity index (χ0v) is 13.2. The Morgan fingerprint density at radius 3 is 2.48 bits per heavy atom. The molecule has 0 saturated heterocycles. The van der Waals surface area contributed by atoms with Crippen LogP contribution in [-0.4, -0.2) is 25.7 Å². The molecule has 0 atom stereocenters. The molecule has 2 rings (SSSR count). The van der Waals surface area contributed by atoms with Gasteiger partial charge in [-0.25, -0.2) is 4.79 Å². The molecule has 1 aromatic carbocycles. The Bertz CT molecular complexity index is 441. The summed E-state index contributed by atoms with van der Waals surface area (Å²) < 4.78 is 0. The first-order valence-electron chi connectivity index (χ1n) is 7.61. The number of rotatable bonds is 5. The molecule has 0 bridgehead atoms. The minimum atomic E-state index is -0.0815. The smallest absolute Gasteiger partial charge is 0.315 e. The van der Waals surface area contributed by atoms with Crippen LogP contribution in [0.4, 0.5) is 4.79 Å². The first kappa shape index (κ1) is 16.1. The second kappa shape index (κ2) is 8.25. The van der Waals surface area contributed by atoms with Gasteiger partial charge in [-0.3, -0.25) is 0 Å². The van der Waals surface area contributed by atoms with Gasteiger partial charge >= 0.3 is 6.03 Å². The van der Waals surface area contributed by atoms with Crippen LogP contribution in [0.1, 0.15) is 31.2 Å². The fourth-order valence-corrected chi connectivity index (χ4v) is 2.95. The maximum atomic E-state index is 11.9. The second-order valence-electron chi connectivity index (χ2n) is 5.73. The first-order valence-corrected chi connectivity index (χ1v) is 7.98. The lowest BCUT2D eigenvalue weighted by Gasteiger charge is -2.29. The predicted molar refractivity (Wildman–Crippen MR) is 86.5 cm³/mol. The number of carbonyl (C=O) groups excluding carboxylic acids is 1. The van der Waals surface area contributed by atoms with E-state index in [0.29, 0.717) is 17.6 Å². The highest BCUT2D eigenvalue weighted by Crippen LogP contribution is 2.23. The van der Waals surface area contributed by atoms with Gasteiger partial charge in [-0.15, -0.1) is 0 Å². The van der Waals surface area contributed by atoms with E-state index in [1.165, 1.54) is 12.8 Å². The van der Waals surface area contributed by atoms with E-state index in [1.807, 2.05) is 31.3 Å². The standard InChI is InChI=1S/C16H24ClN3O/c1-18-10-12-4-8-15(9-5-12)20-16(21)19-11-13-2-6-14(17)7-3-13/h2-3,6-7,12,15,18H,4-5,8-11H2,1H3,(H2,19,20,21). The van der Waals surface area contributed by atoms with Gasteiger partial charge in [-0.1, -0.05) is 23.7 Å². The summed E-state index contributed by atoms with van der Waals surface area (Å²) in [5.74, 6) is 0.755. The molecule has 3 N–H and O–H groups in total. The van der Waals surface area contributed by atoms with Gasteiger partial charge in [0.2, 0.25) is 0 Å². The summed E-state index contributed by atoms with van der Waals surface area (Å²) in [6.07, 6.45) is 4.51. The van der Waals surface area contributed by atoms with Gasteiger partial charge in [0.1, 0.15) is 0 Å². The molecule has 0 aromatic heterocycles. The lowest BCUT2D eigenvalue weighted by Crippen LogP contribution is -2.43. The molecule has 0 aliphatic heterocycles. The van der Waals surface area contributed by atoms with Gasteiger partial charge in [0.05, 0.1) is 0 Å². The van der Waals surface area contributed by atoms with Gasteiger partial charge in [0.15, 0.2) is 0 Å². The molecule has 116 valence electrons. The molecule has 2 amide bonds. The Balaban J connectivity index is 1.67. The Labute approximate surface area is 131 Å². The average molecular weight is 310 g/mol. The van der Waals surface area contributed by atoms with Crippen molar-refractivity contribution in [3.8, 4) is 0 Å². The van der Waals surface area contributed by atoms with Gasteiger partial charge in [-0.2, -0.15) is 0 Å². The monoisotopic (exact) mass is 309 g/mol. The van der Waals surface area contributed by atoms with Crippen molar-refractivity contribution in [3.05, 3.63) is 34.9 Å². The number of nitrogens with one attached hydrogen (secondary N) is 3. The third-order valence-electron chi connectivity index (χ3n) is 4.04. The van der Waals surface area contributed by atoms with Crippen LogP contribution in [0.15, 0.2) is 24.3 Å². The molecule has 1 saturated carbocycles. The third kappa shape index (κ3) is 5.56. The third-order valence-corrected chi connectivity index (χ3v) is 4.29. The average Bonchev–Trinajstić information content (AvgIpc) is 2.49. The van der Waals surface area contributed by atoms with E-state index in [-0.39, 0.29) is 6.03 Å². The summed E-state index contributed by atoms with van der Waals surface area (Å²) in [7, 11) is 1.99. The second-order valence-corrected chi connectivity index (χ2v) is 6.17. The normalized spacial score (nSPS) is 21.8. The molecule has 1 aliphatic carbocycles. The molecule has 1 fully saturated rings. The molecule has 0 unspecified atom stereocenters. The molecule has 4 nitrogen and oxygen atoms in total. The number of halogens is 1. The minimum Gasteiger partial charge on any atom is -0.335 e. The van der Waals surface area contributed by atoms with Crippen LogP contribution >= 0.6 is 11.6 Å². The topological polar surface area (TPSA) is 53.2 Å². The number of hydrogen-bond donors (Lipinski definition) is 3. The molecule has 1 aromatic rings. The van der Waals surface area contributed by atoms with E-state index in [4.69, 9.17) is 11.6 Å². The van der Waals surface area contributed by atoms with Gasteiger partial charge in [0, 0.05) is 17.6 Å². The molecule has 0 radical (unpaired) electrons. The molecular weight excluding hydrogens is 286 g/mol. The van der Waals surface area contributed by atoms with E-state index in [1.54, 1.807) is 0 Å². The van der Waals surface area contributed by atoms with Gasteiger partial charge in [0.25, 0.3) is 0 Å². The van der Waals surface area contributed by atoms with E-state index in [9.17, 15) is 4.79 Å². The van der Waals surface area contributed by atoms with Crippen LogP contribution in [0.3, 0.4) is 0 Å². The highest BCUT2D eigenvalue weighted by Gasteiger charge is 2.21. The summed E-state index contributed by atoms with van der Waals surface area (Å²) in [5, 5.41) is 9.90. The van der Waals surface area contributed by atoms with Crippen molar-refractivity contribution >= 4 is 17.6 Å². The molecule has 0 heterocycles. The molecule has 5 heteroatoms. The Kier molecular flexibility index (Phi) is 6.33. The summed E-state index contributed by atoms with van der Waals surface area (Å²) in [6.45, 7) is 1.60. The van der Waals surface area contributed by atoms with Crippen molar-refractivity contribution in [2.24, 2.45) is 5.92 Å². The fraction of sp³-hybridized carbons (Fsp3) is 0.562. The van der Waals surface area contributed by atoms with E-state index >= 15 is 0 Å². The molecule has 21 heavy (non-hydrogen) atoms. The highest BCUT2D eigenvalue weighted by atomic mass is 35.5. The van der Waals surface area contributed by atoms with Gasteiger partial charge < -0.3 is 16.0 Å². The predicted octanol–water partition coefficient (Wildman–Crippen LogP) is 2.92. The van der Waals surface area contributed by atoms with Gasteiger partial charge in [-0.05, 0) is 62.9 Å². The van der Waals surface area contributed by atoms with Crippen molar-refractivity contribution in [1.29, 1.82) is 0 Å². The number of urea groups is 1. The summed E-state index contributed by atoms with van der Waals surface area (Å²) in [4.78, 5) is 11.9. The van der Waals surface area contributed by atoms with Crippen molar-refractivity contribution in [2.45, 2.75) is 38.3 Å². The van der Waals surface area contributed by atoms with Crippen molar-refractivity contribution in [2.75, 3.05) is 13.6 Å². The van der Waals surface area contributed by atoms with Crippen LogP contribution in [0.5, 0.6) is 0 Å². The Morgan fingerprint density at radius 1 is 1.19 bits per heavy atom. The number of hydrogen-bond acceptors (Lipinski definition) is 2. The van der Waals surface area contributed by atoms with E-state index < -0.39 is 0 Å². The lowest BCUT2D eigenvalue weighted by molar-refractivity contribution is 0.226. The van der Waals surface area contributed by atoms with Crippen LogP contribution in [0, 0.1) is 5.92 Å².